The maximum atomic E-state index is 14.9. The average Bonchev–Trinajstić information content (AvgIpc) is 2.67. The molecule has 28 heavy (non-hydrogen) atoms. The van der Waals surface area contributed by atoms with Crippen LogP contribution >= 0.6 is 11.8 Å². The van der Waals surface area contributed by atoms with Crippen molar-refractivity contribution in [3.05, 3.63) is 53.2 Å². The van der Waals surface area contributed by atoms with Crippen LogP contribution in [0.5, 0.6) is 0 Å². The predicted octanol–water partition coefficient (Wildman–Crippen LogP) is 2.74. The number of anilines is 1. The van der Waals surface area contributed by atoms with Crippen molar-refractivity contribution in [1.82, 2.24) is 9.97 Å². The van der Waals surface area contributed by atoms with Crippen LogP contribution in [0.25, 0.3) is 0 Å². The van der Waals surface area contributed by atoms with Gasteiger partial charge >= 0.3 is 0 Å². The van der Waals surface area contributed by atoms with Gasteiger partial charge in [-0.05, 0) is 38.1 Å². The van der Waals surface area contributed by atoms with Crippen LogP contribution in [0.3, 0.4) is 0 Å². The van der Waals surface area contributed by atoms with Crippen LogP contribution < -0.4 is 11.1 Å². The summed E-state index contributed by atoms with van der Waals surface area (Å²) in [5.41, 5.74) is 4.25. The van der Waals surface area contributed by atoms with Crippen LogP contribution in [0.15, 0.2) is 35.5 Å². The van der Waals surface area contributed by atoms with Crippen molar-refractivity contribution >= 4 is 28.7 Å². The molecule has 144 valence electrons. The summed E-state index contributed by atoms with van der Waals surface area (Å²) in [7, 11) is 0. The molecule has 2 aromatic heterocycles. The molecule has 3 heterocycles. The lowest BCUT2D eigenvalue weighted by molar-refractivity contribution is 0.102. The number of amides is 1. The molecule has 0 fully saturated rings. The Hall–Kier alpha value is -3.06. The van der Waals surface area contributed by atoms with Crippen LogP contribution in [0.4, 0.5) is 14.6 Å². The number of pyridine rings is 2. The number of nitrogens with two attached hydrogens (primary N) is 1. The van der Waals surface area contributed by atoms with Crippen molar-refractivity contribution in [3.63, 3.8) is 0 Å². The number of nitrogens with one attached hydrogen (secondary N) is 1. The smallest absolute Gasteiger partial charge is 0.275 e. The Bertz CT molecular complexity index is 991. The Morgan fingerprint density at radius 1 is 1.39 bits per heavy atom. The van der Waals surface area contributed by atoms with Gasteiger partial charge in [0.2, 0.25) is 0 Å². The number of aliphatic imine (C=N–C) groups is 1. The molecule has 0 saturated heterocycles. The quantitative estimate of drug-likeness (QED) is 0.815. The predicted molar refractivity (Wildman–Crippen MR) is 102 cm³/mol. The molecule has 3 N–H and O–H groups in total. The first-order chi connectivity index (χ1) is 13.2. The fourth-order valence-electron chi connectivity index (χ4n) is 2.85. The maximum absolute atomic E-state index is 14.9. The number of halogens is 2. The van der Waals surface area contributed by atoms with Crippen LogP contribution in [0.1, 0.15) is 35.6 Å². The molecule has 1 aliphatic rings. The van der Waals surface area contributed by atoms with Crippen molar-refractivity contribution in [2.24, 2.45) is 10.7 Å². The fraction of sp³-hybridized carbons (Fsp3) is 0.278. The van der Waals surface area contributed by atoms with E-state index in [9.17, 15) is 13.6 Å². The van der Waals surface area contributed by atoms with Crippen LogP contribution in [0.2, 0.25) is 0 Å². The lowest BCUT2D eigenvalue weighted by atomic mass is 9.89. The number of nitrogens with zero attached hydrogens (tertiary/aromatic N) is 4. The number of rotatable bonds is 3. The van der Waals surface area contributed by atoms with E-state index in [2.05, 4.69) is 20.3 Å². The fourth-order valence-corrected chi connectivity index (χ4v) is 3.86. The second kappa shape index (κ2) is 7.52. The zero-order valence-electron chi connectivity index (χ0n) is 15.0. The Morgan fingerprint density at radius 2 is 2.14 bits per heavy atom. The molecule has 0 spiro atoms. The summed E-state index contributed by atoms with van der Waals surface area (Å²) in [6.45, 7) is 3.05. The van der Waals surface area contributed by atoms with E-state index in [0.717, 1.165) is 17.8 Å². The van der Waals surface area contributed by atoms with Crippen molar-refractivity contribution in [1.29, 1.82) is 5.26 Å². The van der Waals surface area contributed by atoms with Gasteiger partial charge in [0.15, 0.2) is 5.17 Å². The molecule has 0 aromatic carbocycles. The minimum atomic E-state index is -1.62. The highest BCUT2D eigenvalue weighted by atomic mass is 32.2. The molecule has 3 atom stereocenters. The van der Waals surface area contributed by atoms with Gasteiger partial charge in [-0.2, -0.15) is 5.26 Å². The van der Waals surface area contributed by atoms with Gasteiger partial charge in [-0.3, -0.25) is 4.79 Å². The Morgan fingerprint density at radius 3 is 2.79 bits per heavy atom. The van der Waals surface area contributed by atoms with Crippen LogP contribution in [-0.2, 0) is 5.54 Å². The van der Waals surface area contributed by atoms with E-state index in [0.29, 0.717) is 5.56 Å². The zero-order valence-corrected chi connectivity index (χ0v) is 15.8. The first-order valence-electron chi connectivity index (χ1n) is 8.25. The van der Waals surface area contributed by atoms with Crippen molar-refractivity contribution < 1.29 is 13.6 Å². The van der Waals surface area contributed by atoms with E-state index in [4.69, 9.17) is 11.0 Å². The number of nitriles is 1. The summed E-state index contributed by atoms with van der Waals surface area (Å²) in [5, 5.41) is 10.9. The summed E-state index contributed by atoms with van der Waals surface area (Å²) in [6, 6.07) is 7.06. The molecule has 0 bridgehead atoms. The third kappa shape index (κ3) is 3.66. The van der Waals surface area contributed by atoms with E-state index in [1.807, 2.05) is 6.07 Å². The third-order valence-electron chi connectivity index (χ3n) is 4.29. The first-order valence-corrected chi connectivity index (χ1v) is 9.13. The number of hydrogen-bond donors (Lipinski definition) is 2. The van der Waals surface area contributed by atoms with Gasteiger partial charge in [-0.1, -0.05) is 11.8 Å². The summed E-state index contributed by atoms with van der Waals surface area (Å²) < 4.78 is 29.4. The molecule has 3 rings (SSSR count). The van der Waals surface area contributed by atoms with Crippen LogP contribution in [-0.4, -0.2) is 32.5 Å². The van der Waals surface area contributed by atoms with Crippen molar-refractivity contribution in [2.75, 3.05) is 5.32 Å². The maximum Gasteiger partial charge on any atom is 0.275 e. The molecular formula is C18H16F2N6OS. The van der Waals surface area contributed by atoms with Crippen molar-refractivity contribution in [2.45, 2.75) is 30.8 Å². The number of alkyl halides is 1. The van der Waals surface area contributed by atoms with Gasteiger partial charge in [0.25, 0.3) is 5.91 Å². The molecular weight excluding hydrogens is 386 g/mol. The molecule has 0 aliphatic carbocycles. The molecule has 2 aromatic rings. The molecule has 7 nitrogen and oxygen atoms in total. The minimum Gasteiger partial charge on any atom is -0.379 e. The van der Waals surface area contributed by atoms with Gasteiger partial charge in [0.1, 0.15) is 40.8 Å². The lowest BCUT2D eigenvalue weighted by Crippen LogP contribution is -2.44. The van der Waals surface area contributed by atoms with Gasteiger partial charge in [0, 0.05) is 11.4 Å². The highest BCUT2D eigenvalue weighted by molar-refractivity contribution is 8.14. The Kier molecular flexibility index (Phi) is 5.29. The second-order valence-corrected chi connectivity index (χ2v) is 7.74. The average molecular weight is 402 g/mol. The summed E-state index contributed by atoms with van der Waals surface area (Å²) in [6.07, 6.45) is -0.274. The third-order valence-corrected chi connectivity index (χ3v) is 5.23. The van der Waals surface area contributed by atoms with E-state index in [-0.39, 0.29) is 22.4 Å². The molecule has 1 amide bonds. The minimum absolute atomic E-state index is 0.0145. The van der Waals surface area contributed by atoms with E-state index >= 15 is 0 Å². The SMILES string of the molecule is C[C@H]1SC(N)=N[C@](C)(c2nc(NC(=O)c3ccc(C#N)cn3)ccc2F)[C@H]1F. The van der Waals surface area contributed by atoms with E-state index in [1.165, 1.54) is 31.3 Å². The number of amidine groups is 1. The van der Waals surface area contributed by atoms with E-state index in [1.54, 1.807) is 6.92 Å². The molecule has 0 unspecified atom stereocenters. The highest BCUT2D eigenvalue weighted by Crippen LogP contribution is 2.41. The highest BCUT2D eigenvalue weighted by Gasteiger charge is 2.46. The summed E-state index contributed by atoms with van der Waals surface area (Å²) in [4.78, 5) is 24.4. The van der Waals surface area contributed by atoms with Crippen molar-refractivity contribution in [3.8, 4) is 6.07 Å². The molecule has 0 saturated carbocycles. The lowest BCUT2D eigenvalue weighted by Gasteiger charge is -2.36. The zero-order chi connectivity index (χ0) is 20.5. The largest absolute Gasteiger partial charge is 0.379 e. The van der Waals surface area contributed by atoms with Gasteiger partial charge < -0.3 is 11.1 Å². The van der Waals surface area contributed by atoms with Gasteiger partial charge in [-0.25, -0.2) is 23.7 Å². The monoisotopic (exact) mass is 402 g/mol. The summed E-state index contributed by atoms with van der Waals surface area (Å²) in [5.74, 6) is -1.34. The first kappa shape index (κ1) is 19.7. The second-order valence-electron chi connectivity index (χ2n) is 6.35. The number of thioether (sulfide) groups is 1. The molecule has 0 radical (unpaired) electrons. The number of hydrogen-bond acceptors (Lipinski definition) is 7. The standard InChI is InChI=1S/C18H16F2N6OS/c1-9-14(20)18(2,26-17(22)28-9)15-11(19)4-6-13(24-15)25-16(27)12-5-3-10(7-21)8-23-12/h3-6,8-9,14H,1-2H3,(H2,22,26)(H,24,25,27)/t9-,14+,18+/m1/s1. The number of carbonyl (C=O) groups is 1. The Labute approximate surface area is 164 Å². The van der Waals surface area contributed by atoms with Gasteiger partial charge in [-0.15, -0.1) is 0 Å². The van der Waals surface area contributed by atoms with E-state index < -0.39 is 28.7 Å². The topological polar surface area (TPSA) is 117 Å². The summed E-state index contributed by atoms with van der Waals surface area (Å²) >= 11 is 1.07. The Balaban J connectivity index is 1.92. The van der Waals surface area contributed by atoms with Crippen LogP contribution in [0, 0.1) is 17.1 Å². The molecule has 1 aliphatic heterocycles. The number of aromatic nitrogens is 2. The molecule has 10 heteroatoms. The number of carbonyl (C=O) groups excluding carboxylic acids is 1. The van der Waals surface area contributed by atoms with Gasteiger partial charge in [0.05, 0.1) is 5.56 Å². The normalized spacial score (nSPS) is 24.2.